The average Bonchev–Trinajstić information content (AvgIpc) is 2.93. The average molecular weight is 526 g/mol. The number of hydrogen-bond acceptors (Lipinski definition) is 5. The molecule has 1 aliphatic heterocycles. The van der Waals surface area contributed by atoms with Crippen LogP contribution in [0.15, 0.2) is 55.2 Å². The lowest BCUT2D eigenvalue weighted by Gasteiger charge is -2.12. The first kappa shape index (κ1) is 20.6. The Labute approximate surface area is 182 Å². The van der Waals surface area contributed by atoms with E-state index in [0.717, 1.165) is 4.47 Å². The van der Waals surface area contributed by atoms with E-state index in [1.54, 1.807) is 30.3 Å². The van der Waals surface area contributed by atoms with Gasteiger partial charge in [0, 0.05) is 16.6 Å². The first-order valence-corrected chi connectivity index (χ1v) is 10.5. The van der Waals surface area contributed by atoms with Gasteiger partial charge in [0.2, 0.25) is 0 Å². The van der Waals surface area contributed by atoms with Crippen LogP contribution < -0.4 is 0 Å². The highest BCUT2D eigenvalue weighted by atomic mass is 79.9. The summed E-state index contributed by atoms with van der Waals surface area (Å²) in [6, 6.07) is 9.64. The molecule has 1 saturated heterocycles. The normalized spacial score (nSPS) is 17.0. The molecule has 0 spiro atoms. The minimum Gasteiger partial charge on any atom is -0.506 e. The van der Waals surface area contributed by atoms with Crippen molar-refractivity contribution in [1.29, 1.82) is 0 Å². The predicted octanol–water partition coefficient (Wildman–Crippen LogP) is 5.24. The third kappa shape index (κ3) is 4.31. The minimum atomic E-state index is -1.04. The molecule has 1 aliphatic rings. The fourth-order valence-corrected chi connectivity index (χ4v) is 4.84. The largest absolute Gasteiger partial charge is 0.506 e. The number of likely N-dealkylation sites (N-methyl/N-ethyl adjacent to an activating group) is 1. The van der Waals surface area contributed by atoms with Crippen LogP contribution in [-0.2, 0) is 4.79 Å². The minimum absolute atomic E-state index is 0.0340. The van der Waals surface area contributed by atoms with Gasteiger partial charge in [0.25, 0.3) is 5.91 Å². The van der Waals surface area contributed by atoms with Crippen molar-refractivity contribution >= 4 is 72.4 Å². The van der Waals surface area contributed by atoms with E-state index < -0.39 is 5.97 Å². The Balaban J connectivity index is 1.99. The van der Waals surface area contributed by atoms with E-state index in [4.69, 9.17) is 5.11 Å². The third-order valence-corrected chi connectivity index (χ3v) is 5.94. The van der Waals surface area contributed by atoms with Gasteiger partial charge in [0.05, 0.1) is 20.6 Å². The molecule has 9 heteroatoms. The molecular formula is C19H14Br2N2O4S. The van der Waals surface area contributed by atoms with E-state index in [0.29, 0.717) is 32.3 Å². The van der Waals surface area contributed by atoms with E-state index in [-0.39, 0.29) is 17.2 Å². The van der Waals surface area contributed by atoms with Crippen molar-refractivity contribution in [1.82, 2.24) is 4.90 Å². The van der Waals surface area contributed by atoms with Crippen molar-refractivity contribution in [3.63, 3.8) is 0 Å². The van der Waals surface area contributed by atoms with Gasteiger partial charge in [-0.05, 0) is 71.0 Å². The highest BCUT2D eigenvalue weighted by molar-refractivity contribution is 9.11. The molecule has 3 rings (SSSR count). The van der Waals surface area contributed by atoms with Gasteiger partial charge in [0.1, 0.15) is 5.75 Å². The molecule has 0 aliphatic carbocycles. The number of phenols is 1. The summed E-state index contributed by atoms with van der Waals surface area (Å²) in [6.45, 7) is 2.24. The van der Waals surface area contributed by atoms with Crippen LogP contribution in [0.4, 0.5) is 5.69 Å². The van der Waals surface area contributed by atoms with E-state index >= 15 is 0 Å². The number of amidine groups is 1. The van der Waals surface area contributed by atoms with Crippen LogP contribution in [0, 0.1) is 0 Å². The van der Waals surface area contributed by atoms with Gasteiger partial charge >= 0.3 is 5.97 Å². The molecule has 0 unspecified atom stereocenters. The molecule has 1 heterocycles. The summed E-state index contributed by atoms with van der Waals surface area (Å²) in [7, 11) is 0. The molecule has 0 radical (unpaired) electrons. The predicted molar refractivity (Wildman–Crippen MR) is 117 cm³/mol. The first-order valence-electron chi connectivity index (χ1n) is 8.11. The number of phenolic OH excluding ortho intramolecular Hbond substituents is 1. The van der Waals surface area contributed by atoms with Crippen LogP contribution in [0.2, 0.25) is 0 Å². The van der Waals surface area contributed by atoms with Crippen LogP contribution in [0.3, 0.4) is 0 Å². The molecule has 2 N–H and O–H groups in total. The third-order valence-electron chi connectivity index (χ3n) is 3.87. The lowest BCUT2D eigenvalue weighted by Crippen LogP contribution is -2.28. The molecular weight excluding hydrogens is 512 g/mol. The Kier molecular flexibility index (Phi) is 6.26. The van der Waals surface area contributed by atoms with E-state index in [9.17, 15) is 14.7 Å². The summed E-state index contributed by atoms with van der Waals surface area (Å²) in [5.74, 6) is -1.23. The van der Waals surface area contributed by atoms with Crippen molar-refractivity contribution in [3.8, 4) is 5.75 Å². The molecule has 1 amide bonds. The molecule has 0 bridgehead atoms. The zero-order valence-corrected chi connectivity index (χ0v) is 18.5. The Morgan fingerprint density at radius 2 is 2.04 bits per heavy atom. The number of aliphatic imine (C=N–C) groups is 1. The number of nitrogens with zero attached hydrogens (tertiary/aromatic N) is 2. The molecule has 0 saturated carbocycles. The number of carboxylic acid groups (broad SMARTS) is 1. The summed E-state index contributed by atoms with van der Waals surface area (Å²) in [6.07, 6.45) is 1.61. The number of amides is 1. The van der Waals surface area contributed by atoms with Crippen LogP contribution in [0.5, 0.6) is 5.75 Å². The number of aromatic hydroxyl groups is 1. The van der Waals surface area contributed by atoms with Gasteiger partial charge in [-0.15, -0.1) is 0 Å². The maximum Gasteiger partial charge on any atom is 0.335 e. The standard InChI is InChI=1S/C19H14Br2N2O4S/c1-2-23-17(25)15(8-11-6-12(20)9-14(21)16(11)24)28-19(23)22-13-5-3-4-10(7-13)18(26)27/h3-9,24H,2H2,1H3,(H,26,27)/b15-8-,22-19?. The maximum absolute atomic E-state index is 12.8. The molecule has 2 aromatic rings. The smallest absolute Gasteiger partial charge is 0.335 e. The number of rotatable bonds is 4. The van der Waals surface area contributed by atoms with Gasteiger partial charge in [-0.1, -0.05) is 22.0 Å². The van der Waals surface area contributed by atoms with E-state index in [1.807, 2.05) is 6.92 Å². The van der Waals surface area contributed by atoms with Crippen LogP contribution in [0.25, 0.3) is 6.08 Å². The van der Waals surface area contributed by atoms with Crippen molar-refractivity contribution in [3.05, 3.63) is 61.4 Å². The Morgan fingerprint density at radius 1 is 1.29 bits per heavy atom. The molecule has 1 fully saturated rings. The summed E-state index contributed by atoms with van der Waals surface area (Å²) < 4.78 is 1.27. The van der Waals surface area contributed by atoms with Crippen molar-refractivity contribution in [2.24, 2.45) is 4.99 Å². The highest BCUT2D eigenvalue weighted by Crippen LogP contribution is 2.38. The zero-order chi connectivity index (χ0) is 20.4. The SMILES string of the molecule is CCN1C(=O)/C(=C/c2cc(Br)cc(Br)c2O)SC1=Nc1cccc(C(=O)O)c1. The number of thioether (sulfide) groups is 1. The van der Waals surface area contributed by atoms with E-state index in [1.165, 1.54) is 28.8 Å². The second-order valence-corrected chi connectivity index (χ2v) is 8.51. The number of benzene rings is 2. The molecule has 6 nitrogen and oxygen atoms in total. The molecule has 2 aromatic carbocycles. The van der Waals surface area contributed by atoms with Gasteiger partial charge in [-0.25, -0.2) is 9.79 Å². The molecule has 0 atom stereocenters. The summed E-state index contributed by atoms with van der Waals surface area (Å²) in [5, 5.41) is 19.8. The Morgan fingerprint density at radius 3 is 2.71 bits per heavy atom. The van der Waals surface area contributed by atoms with Gasteiger partial charge in [-0.2, -0.15) is 0 Å². The zero-order valence-electron chi connectivity index (χ0n) is 14.5. The summed E-state index contributed by atoms with van der Waals surface area (Å²) in [5.41, 5.74) is 1.06. The molecule has 0 aromatic heterocycles. The number of aromatic carboxylic acids is 1. The first-order chi connectivity index (χ1) is 13.3. The lowest BCUT2D eigenvalue weighted by molar-refractivity contribution is -0.122. The molecule has 144 valence electrons. The van der Waals surface area contributed by atoms with Crippen molar-refractivity contribution < 1.29 is 19.8 Å². The highest BCUT2D eigenvalue weighted by Gasteiger charge is 2.32. The van der Waals surface area contributed by atoms with Crippen molar-refractivity contribution in [2.45, 2.75) is 6.92 Å². The van der Waals surface area contributed by atoms with Crippen molar-refractivity contribution in [2.75, 3.05) is 6.54 Å². The van der Waals surface area contributed by atoms with Gasteiger partial charge < -0.3 is 10.2 Å². The number of halogens is 2. The number of carboxylic acids is 1. The van der Waals surface area contributed by atoms with Gasteiger partial charge in [0.15, 0.2) is 5.17 Å². The number of carbonyl (C=O) groups excluding carboxylic acids is 1. The maximum atomic E-state index is 12.8. The van der Waals surface area contributed by atoms with Gasteiger partial charge in [-0.3, -0.25) is 9.69 Å². The van der Waals surface area contributed by atoms with Crippen LogP contribution in [-0.4, -0.2) is 38.7 Å². The summed E-state index contributed by atoms with van der Waals surface area (Å²) >= 11 is 7.82. The number of hydrogen-bond donors (Lipinski definition) is 2. The second-order valence-electron chi connectivity index (χ2n) is 5.74. The Hall–Kier alpha value is -2.10. The second kappa shape index (κ2) is 8.50. The quantitative estimate of drug-likeness (QED) is 0.533. The number of carbonyl (C=O) groups is 2. The lowest BCUT2D eigenvalue weighted by atomic mass is 10.2. The monoisotopic (exact) mass is 524 g/mol. The molecule has 28 heavy (non-hydrogen) atoms. The topological polar surface area (TPSA) is 90.2 Å². The summed E-state index contributed by atoms with van der Waals surface area (Å²) in [4.78, 5) is 30.3. The Bertz CT molecular complexity index is 1040. The fourth-order valence-electron chi connectivity index (χ4n) is 2.53. The fraction of sp³-hybridized carbons (Fsp3) is 0.105. The van der Waals surface area contributed by atoms with Crippen LogP contribution >= 0.6 is 43.6 Å². The van der Waals surface area contributed by atoms with Crippen LogP contribution in [0.1, 0.15) is 22.8 Å². The van der Waals surface area contributed by atoms with E-state index in [2.05, 4.69) is 36.9 Å².